The van der Waals surface area contributed by atoms with Gasteiger partial charge in [0.2, 0.25) is 5.89 Å². The van der Waals surface area contributed by atoms with E-state index in [9.17, 15) is 17.6 Å². The number of halogens is 5. The first kappa shape index (κ1) is 23.9. The number of aliphatic hydroxyl groups excluding tert-OH is 1. The number of fused-ring (bicyclic) bond motifs is 1. The second-order valence-electron chi connectivity index (χ2n) is 7.39. The number of pyridine rings is 1. The first-order valence-electron chi connectivity index (χ1n) is 10.0. The summed E-state index contributed by atoms with van der Waals surface area (Å²) in [7, 11) is 0. The third-order valence-corrected chi connectivity index (χ3v) is 5.23. The number of alkyl halides is 3. The van der Waals surface area contributed by atoms with E-state index < -0.39 is 23.6 Å². The highest BCUT2D eigenvalue weighted by Crippen LogP contribution is 2.35. The first-order valence-corrected chi connectivity index (χ1v) is 10.4. The zero-order chi connectivity index (χ0) is 24.6. The van der Waals surface area contributed by atoms with E-state index in [1.807, 2.05) is 0 Å². The maximum atomic E-state index is 14.5. The van der Waals surface area contributed by atoms with Crippen LogP contribution < -0.4 is 10.5 Å². The summed E-state index contributed by atoms with van der Waals surface area (Å²) in [4.78, 5) is 4.33. The van der Waals surface area contributed by atoms with E-state index in [2.05, 4.69) is 15.2 Å². The van der Waals surface area contributed by atoms with Crippen molar-refractivity contribution in [1.82, 2.24) is 19.6 Å². The van der Waals surface area contributed by atoms with Crippen LogP contribution in [0.15, 0.2) is 35.0 Å². The second kappa shape index (κ2) is 9.20. The quantitative estimate of drug-likeness (QED) is 0.368. The van der Waals surface area contributed by atoms with Crippen LogP contribution in [0.5, 0.6) is 5.75 Å². The van der Waals surface area contributed by atoms with Crippen molar-refractivity contribution in [1.29, 1.82) is 0 Å². The molecule has 0 fully saturated rings. The van der Waals surface area contributed by atoms with Gasteiger partial charge in [-0.1, -0.05) is 18.5 Å². The smallest absolute Gasteiger partial charge is 0.417 e. The summed E-state index contributed by atoms with van der Waals surface area (Å²) in [6.07, 6.45) is -1.92. The largest absolute Gasteiger partial charge is 0.489 e. The lowest BCUT2D eigenvalue weighted by Crippen LogP contribution is -2.31. The minimum Gasteiger partial charge on any atom is -0.489 e. The van der Waals surface area contributed by atoms with Gasteiger partial charge in [0.05, 0.1) is 28.8 Å². The molecule has 0 amide bonds. The standard InChI is InChI=1S/C21H18ClF4N5O3/c1-2-10-3-11(21(24,25)26)6-31-7-16(28-18(10)31)20-30-29-19(34-20)13-4-15(23)17(5-14(13)22)33-9-12(27)8-32/h3-7,12,32H,2,8-9,27H2,1H3. The Morgan fingerprint density at radius 3 is 2.62 bits per heavy atom. The van der Waals surface area contributed by atoms with E-state index in [1.165, 1.54) is 16.7 Å². The molecule has 3 aromatic heterocycles. The van der Waals surface area contributed by atoms with E-state index in [-0.39, 0.29) is 47.0 Å². The van der Waals surface area contributed by atoms with Crippen molar-refractivity contribution < 1.29 is 31.8 Å². The molecule has 180 valence electrons. The SMILES string of the molecule is CCc1cc(C(F)(F)F)cn2cc(-c3nnc(-c4cc(F)c(OCC(N)CO)cc4Cl)o3)nc12. The van der Waals surface area contributed by atoms with Crippen LogP contribution in [0.3, 0.4) is 0 Å². The number of hydrogen-bond acceptors (Lipinski definition) is 7. The Hall–Kier alpha value is -3.22. The van der Waals surface area contributed by atoms with Crippen molar-refractivity contribution in [3.05, 3.63) is 52.6 Å². The fraction of sp³-hybridized carbons (Fsp3) is 0.286. The van der Waals surface area contributed by atoms with Crippen LogP contribution >= 0.6 is 11.6 Å². The molecule has 0 radical (unpaired) electrons. The minimum atomic E-state index is -4.51. The molecule has 4 rings (SSSR count). The Bertz CT molecular complexity index is 1340. The van der Waals surface area contributed by atoms with E-state index in [0.717, 1.165) is 18.3 Å². The van der Waals surface area contributed by atoms with Crippen LogP contribution in [-0.4, -0.2) is 43.9 Å². The predicted molar refractivity (Wildman–Crippen MR) is 114 cm³/mol. The Kier molecular flexibility index (Phi) is 6.47. The number of ether oxygens (including phenoxy) is 1. The third kappa shape index (κ3) is 4.69. The van der Waals surface area contributed by atoms with E-state index >= 15 is 0 Å². The van der Waals surface area contributed by atoms with Gasteiger partial charge < -0.3 is 24.4 Å². The number of rotatable bonds is 7. The fourth-order valence-corrected chi connectivity index (χ4v) is 3.41. The van der Waals surface area contributed by atoms with Crippen LogP contribution in [0.2, 0.25) is 5.02 Å². The van der Waals surface area contributed by atoms with Gasteiger partial charge in [-0.25, -0.2) is 9.37 Å². The minimum absolute atomic E-state index is 0.0438. The van der Waals surface area contributed by atoms with Gasteiger partial charge in [-0.3, -0.25) is 0 Å². The summed E-state index contributed by atoms with van der Waals surface area (Å²) in [5, 5.41) is 16.7. The van der Waals surface area contributed by atoms with E-state index in [0.29, 0.717) is 17.6 Å². The molecule has 1 atom stereocenters. The summed E-state index contributed by atoms with van der Waals surface area (Å²) in [5.41, 5.74) is 5.65. The predicted octanol–water partition coefficient (Wildman–Crippen LogP) is 4.12. The summed E-state index contributed by atoms with van der Waals surface area (Å²) < 4.78 is 66.2. The van der Waals surface area contributed by atoms with Crippen LogP contribution in [0.4, 0.5) is 17.6 Å². The Labute approximate surface area is 194 Å². The highest BCUT2D eigenvalue weighted by molar-refractivity contribution is 6.33. The number of aliphatic hydroxyl groups is 1. The topological polar surface area (TPSA) is 112 Å². The van der Waals surface area contributed by atoms with Crippen LogP contribution in [0.1, 0.15) is 18.1 Å². The van der Waals surface area contributed by atoms with Gasteiger partial charge in [0.25, 0.3) is 5.89 Å². The number of nitrogens with two attached hydrogens (primary N) is 1. The molecule has 3 N–H and O–H groups in total. The molecule has 1 unspecified atom stereocenters. The number of hydrogen-bond donors (Lipinski definition) is 2. The van der Waals surface area contributed by atoms with Gasteiger partial charge in [0.1, 0.15) is 17.9 Å². The van der Waals surface area contributed by atoms with Gasteiger partial charge in [-0.05, 0) is 24.1 Å². The van der Waals surface area contributed by atoms with Crippen molar-refractivity contribution in [2.75, 3.05) is 13.2 Å². The zero-order valence-electron chi connectivity index (χ0n) is 17.6. The maximum Gasteiger partial charge on any atom is 0.417 e. The molecule has 13 heteroatoms. The number of benzene rings is 1. The average Bonchev–Trinajstić information content (AvgIpc) is 3.44. The van der Waals surface area contributed by atoms with Crippen molar-refractivity contribution in [2.24, 2.45) is 5.73 Å². The van der Waals surface area contributed by atoms with Gasteiger partial charge in [0, 0.05) is 18.5 Å². The van der Waals surface area contributed by atoms with E-state index in [4.69, 9.17) is 31.6 Å². The van der Waals surface area contributed by atoms with Crippen LogP contribution in [0.25, 0.3) is 28.7 Å². The lowest BCUT2D eigenvalue weighted by molar-refractivity contribution is -0.137. The molecular weight excluding hydrogens is 482 g/mol. The van der Waals surface area contributed by atoms with Crippen LogP contribution in [-0.2, 0) is 12.6 Å². The number of nitrogens with zero attached hydrogens (tertiary/aromatic N) is 4. The van der Waals surface area contributed by atoms with Crippen molar-refractivity contribution >= 4 is 17.2 Å². The Morgan fingerprint density at radius 2 is 1.94 bits per heavy atom. The molecule has 34 heavy (non-hydrogen) atoms. The van der Waals surface area contributed by atoms with Gasteiger partial charge >= 0.3 is 6.18 Å². The van der Waals surface area contributed by atoms with Crippen LogP contribution in [0, 0.1) is 5.82 Å². The van der Waals surface area contributed by atoms with Gasteiger partial charge in [-0.2, -0.15) is 13.2 Å². The molecule has 0 aliphatic heterocycles. The molecule has 0 saturated carbocycles. The van der Waals surface area contributed by atoms with Crippen molar-refractivity contribution in [2.45, 2.75) is 25.6 Å². The van der Waals surface area contributed by atoms with Gasteiger partial charge in [0.15, 0.2) is 11.6 Å². The zero-order valence-corrected chi connectivity index (χ0v) is 18.4. The average molecular weight is 500 g/mol. The molecule has 3 heterocycles. The third-order valence-electron chi connectivity index (χ3n) is 4.92. The summed E-state index contributed by atoms with van der Waals surface area (Å²) in [6, 6.07) is 2.60. The molecule has 0 aliphatic rings. The normalized spacial score (nSPS) is 12.9. The summed E-state index contributed by atoms with van der Waals surface area (Å²) in [6.45, 7) is 1.26. The molecule has 8 nitrogen and oxygen atoms in total. The van der Waals surface area contributed by atoms with Crippen molar-refractivity contribution in [3.63, 3.8) is 0 Å². The molecule has 1 aromatic carbocycles. The van der Waals surface area contributed by atoms with Crippen molar-refractivity contribution in [3.8, 4) is 28.8 Å². The highest BCUT2D eigenvalue weighted by atomic mass is 35.5. The highest BCUT2D eigenvalue weighted by Gasteiger charge is 2.32. The van der Waals surface area contributed by atoms with E-state index in [1.54, 1.807) is 6.92 Å². The molecule has 0 aliphatic carbocycles. The Morgan fingerprint density at radius 1 is 1.21 bits per heavy atom. The number of aryl methyl sites for hydroxylation is 1. The number of aromatic nitrogens is 4. The molecule has 0 spiro atoms. The molecule has 4 aromatic rings. The second-order valence-corrected chi connectivity index (χ2v) is 7.80. The number of imidazole rings is 1. The molecule has 0 saturated heterocycles. The monoisotopic (exact) mass is 499 g/mol. The Balaban J connectivity index is 1.67. The van der Waals surface area contributed by atoms with Gasteiger partial charge in [-0.15, -0.1) is 10.2 Å². The lowest BCUT2D eigenvalue weighted by Gasteiger charge is -2.12. The molecule has 0 bridgehead atoms. The maximum absolute atomic E-state index is 14.5. The lowest BCUT2D eigenvalue weighted by atomic mass is 10.1. The summed E-state index contributed by atoms with van der Waals surface area (Å²) >= 11 is 6.22. The fourth-order valence-electron chi connectivity index (χ4n) is 3.18. The summed E-state index contributed by atoms with van der Waals surface area (Å²) in [5.74, 6) is -1.16. The first-order chi connectivity index (χ1) is 16.1. The molecular formula is C21H18ClF4N5O3.